The molecule has 206 valence electrons. The predicted molar refractivity (Wildman–Crippen MR) is 147 cm³/mol. The number of pyridine rings is 1. The number of aromatic nitrogens is 1. The van der Waals surface area contributed by atoms with Crippen LogP contribution in [0.3, 0.4) is 0 Å². The van der Waals surface area contributed by atoms with Gasteiger partial charge in [0.2, 0.25) is 0 Å². The average Bonchev–Trinajstić information content (AvgIpc) is 2.93. The molecule has 0 saturated carbocycles. The second-order valence-corrected chi connectivity index (χ2v) is 10.6. The maximum Gasteiger partial charge on any atom is 0.416 e. The van der Waals surface area contributed by atoms with Gasteiger partial charge in [-0.1, -0.05) is 13.0 Å². The van der Waals surface area contributed by atoms with Crippen molar-refractivity contribution in [2.24, 2.45) is 0 Å². The van der Waals surface area contributed by atoms with Gasteiger partial charge in [-0.2, -0.15) is 13.2 Å². The molecule has 5 rings (SSSR count). The molecule has 0 bridgehead atoms. The largest absolute Gasteiger partial charge is 0.416 e. The van der Waals surface area contributed by atoms with E-state index in [0.29, 0.717) is 30.1 Å². The van der Waals surface area contributed by atoms with Gasteiger partial charge in [0.1, 0.15) is 0 Å². The third-order valence-corrected chi connectivity index (χ3v) is 7.73. The number of rotatable bonds is 6. The molecule has 1 saturated heterocycles. The molecule has 0 aliphatic carbocycles. The molecule has 3 heterocycles. The molecule has 2 aliphatic heterocycles. The Hall–Kier alpha value is -3.43. The van der Waals surface area contributed by atoms with Crippen molar-refractivity contribution in [1.29, 1.82) is 0 Å². The van der Waals surface area contributed by atoms with Crippen molar-refractivity contribution in [3.05, 3.63) is 88.7 Å². The Morgan fingerprint density at radius 2 is 1.87 bits per heavy atom. The maximum absolute atomic E-state index is 13.7. The van der Waals surface area contributed by atoms with Crippen molar-refractivity contribution in [3.8, 4) is 0 Å². The number of piperazine rings is 1. The first-order chi connectivity index (χ1) is 18.7. The van der Waals surface area contributed by atoms with E-state index in [-0.39, 0.29) is 5.69 Å². The van der Waals surface area contributed by atoms with Gasteiger partial charge >= 0.3 is 6.18 Å². The zero-order valence-corrected chi connectivity index (χ0v) is 22.3. The number of nitrogens with zero attached hydrogens (tertiary/aromatic N) is 4. The number of alkyl halides is 3. The number of hydrogen-bond donors (Lipinski definition) is 1. The van der Waals surface area contributed by atoms with Gasteiger partial charge in [0.15, 0.2) is 0 Å². The van der Waals surface area contributed by atoms with Crippen LogP contribution >= 0.6 is 0 Å². The van der Waals surface area contributed by atoms with E-state index in [1.54, 1.807) is 18.3 Å². The molecule has 3 aromatic rings. The van der Waals surface area contributed by atoms with Gasteiger partial charge in [-0.25, -0.2) is 0 Å². The van der Waals surface area contributed by atoms with Crippen LogP contribution in [0, 0.1) is 0 Å². The topological polar surface area (TPSA) is 51.7 Å². The molecule has 1 amide bonds. The van der Waals surface area contributed by atoms with E-state index in [9.17, 15) is 18.0 Å². The predicted octanol–water partition coefficient (Wildman–Crippen LogP) is 5.61. The molecule has 6 nitrogen and oxygen atoms in total. The molecule has 0 spiro atoms. The van der Waals surface area contributed by atoms with Crippen molar-refractivity contribution in [1.82, 2.24) is 14.8 Å². The quantitative estimate of drug-likeness (QED) is 0.443. The van der Waals surface area contributed by atoms with Crippen LogP contribution in [-0.2, 0) is 19.3 Å². The summed E-state index contributed by atoms with van der Waals surface area (Å²) in [7, 11) is 2.04. The number of nitrogens with one attached hydrogen (secondary N) is 1. The van der Waals surface area contributed by atoms with Crippen molar-refractivity contribution in [2.45, 2.75) is 38.5 Å². The summed E-state index contributed by atoms with van der Waals surface area (Å²) in [5.74, 6) is -0.110. The summed E-state index contributed by atoms with van der Waals surface area (Å²) in [6, 6.07) is 13.4. The van der Waals surface area contributed by atoms with E-state index in [4.69, 9.17) is 0 Å². The van der Waals surface area contributed by atoms with Crippen LogP contribution in [0.1, 0.15) is 51.9 Å². The fraction of sp³-hybridized carbons (Fsp3) is 0.400. The highest BCUT2D eigenvalue weighted by atomic mass is 19.4. The molecule has 1 N–H and O–H groups in total. The van der Waals surface area contributed by atoms with E-state index < -0.39 is 17.6 Å². The summed E-state index contributed by atoms with van der Waals surface area (Å²) in [6.07, 6.45) is 0.0249. The van der Waals surface area contributed by atoms with Crippen molar-refractivity contribution >= 4 is 17.3 Å². The lowest BCUT2D eigenvalue weighted by Crippen LogP contribution is -2.43. The molecule has 1 unspecified atom stereocenters. The molecular weight excluding hydrogens is 503 g/mol. The Morgan fingerprint density at radius 1 is 1.08 bits per heavy atom. The fourth-order valence-electron chi connectivity index (χ4n) is 5.49. The molecule has 1 aromatic heterocycles. The summed E-state index contributed by atoms with van der Waals surface area (Å²) in [5, 5.41) is 2.74. The Balaban J connectivity index is 1.37. The van der Waals surface area contributed by atoms with E-state index in [0.717, 1.165) is 56.5 Å². The van der Waals surface area contributed by atoms with Gasteiger partial charge in [-0.05, 0) is 72.6 Å². The first-order valence-electron chi connectivity index (χ1n) is 13.4. The SMILES string of the molecule is CCC1CN(c2cccnc2)Cc2cc(C(=O)Nc3cc(CN4CCN(C)CC4)cc(C(F)(F)F)c3)ccc21. The summed E-state index contributed by atoms with van der Waals surface area (Å²) in [5.41, 5.74) is 3.64. The lowest BCUT2D eigenvalue weighted by atomic mass is 9.86. The van der Waals surface area contributed by atoms with Gasteiger partial charge < -0.3 is 15.1 Å². The minimum atomic E-state index is -4.51. The van der Waals surface area contributed by atoms with E-state index in [1.165, 1.54) is 11.6 Å². The van der Waals surface area contributed by atoms with Crippen molar-refractivity contribution in [3.63, 3.8) is 0 Å². The second kappa shape index (κ2) is 11.4. The van der Waals surface area contributed by atoms with Gasteiger partial charge in [0.05, 0.1) is 17.4 Å². The van der Waals surface area contributed by atoms with Gasteiger partial charge in [0.25, 0.3) is 5.91 Å². The third-order valence-electron chi connectivity index (χ3n) is 7.73. The molecule has 2 aliphatic rings. The third kappa shape index (κ3) is 6.42. The fourth-order valence-corrected chi connectivity index (χ4v) is 5.49. The highest BCUT2D eigenvalue weighted by molar-refractivity contribution is 6.04. The normalized spacial score (nSPS) is 18.6. The Labute approximate surface area is 227 Å². The molecule has 1 fully saturated rings. The van der Waals surface area contributed by atoms with E-state index >= 15 is 0 Å². The molecule has 1 atom stereocenters. The van der Waals surface area contributed by atoms with Gasteiger partial charge in [-0.3, -0.25) is 14.7 Å². The maximum atomic E-state index is 13.7. The standard InChI is InChI=1S/C30H34F3N5O/c1-3-22-19-38(27-5-4-8-34-17-27)20-24-15-23(6-7-28(22)24)29(39)35-26-14-21(13-25(16-26)30(31,32)33)18-37-11-9-36(2)10-12-37/h4-8,13-17,22H,3,9-12,18-20H2,1-2H3,(H,35,39). The Morgan fingerprint density at radius 3 is 2.56 bits per heavy atom. The van der Waals surface area contributed by atoms with Crippen LogP contribution in [0.25, 0.3) is 0 Å². The number of benzene rings is 2. The minimum absolute atomic E-state index is 0.153. The first-order valence-corrected chi connectivity index (χ1v) is 13.4. The Kier molecular flexibility index (Phi) is 7.91. The van der Waals surface area contributed by atoms with Crippen LogP contribution in [0.5, 0.6) is 0 Å². The second-order valence-electron chi connectivity index (χ2n) is 10.6. The first kappa shape index (κ1) is 27.1. The molecule has 39 heavy (non-hydrogen) atoms. The van der Waals surface area contributed by atoms with Gasteiger partial charge in [-0.15, -0.1) is 0 Å². The highest BCUT2D eigenvalue weighted by Crippen LogP contribution is 2.35. The van der Waals surface area contributed by atoms with Crippen LogP contribution in [0.15, 0.2) is 60.9 Å². The molecular formula is C30H34F3N5O. The van der Waals surface area contributed by atoms with Crippen molar-refractivity contribution in [2.75, 3.05) is 50.0 Å². The Bertz CT molecular complexity index is 1310. The number of fused-ring (bicyclic) bond motifs is 1. The summed E-state index contributed by atoms with van der Waals surface area (Å²) in [4.78, 5) is 24.1. The van der Waals surface area contributed by atoms with Crippen LogP contribution in [0.4, 0.5) is 24.5 Å². The number of halogens is 3. The monoisotopic (exact) mass is 537 g/mol. The summed E-state index contributed by atoms with van der Waals surface area (Å²) in [6.45, 7) is 7.38. The van der Waals surface area contributed by atoms with Crippen LogP contribution in [-0.4, -0.2) is 60.5 Å². The number of carbonyl (C=O) groups excluding carboxylic acids is 1. The zero-order chi connectivity index (χ0) is 27.6. The number of hydrogen-bond acceptors (Lipinski definition) is 5. The summed E-state index contributed by atoms with van der Waals surface area (Å²) >= 11 is 0. The summed E-state index contributed by atoms with van der Waals surface area (Å²) < 4.78 is 41.2. The lowest BCUT2D eigenvalue weighted by Gasteiger charge is -2.36. The number of amides is 1. The zero-order valence-electron chi connectivity index (χ0n) is 22.3. The molecule has 0 radical (unpaired) electrons. The highest BCUT2D eigenvalue weighted by Gasteiger charge is 2.32. The number of carbonyl (C=O) groups is 1. The van der Waals surface area contributed by atoms with E-state index in [2.05, 4.69) is 31.9 Å². The smallest absolute Gasteiger partial charge is 0.365 e. The van der Waals surface area contributed by atoms with E-state index in [1.807, 2.05) is 37.5 Å². The van der Waals surface area contributed by atoms with Crippen LogP contribution < -0.4 is 10.2 Å². The molecule has 9 heteroatoms. The van der Waals surface area contributed by atoms with Crippen molar-refractivity contribution < 1.29 is 18.0 Å². The van der Waals surface area contributed by atoms with Gasteiger partial charge in [0, 0.05) is 69.2 Å². The number of anilines is 2. The average molecular weight is 538 g/mol. The van der Waals surface area contributed by atoms with Crippen LogP contribution in [0.2, 0.25) is 0 Å². The lowest BCUT2D eigenvalue weighted by molar-refractivity contribution is -0.137. The minimum Gasteiger partial charge on any atom is -0.365 e. The number of likely N-dealkylation sites (N-methyl/N-ethyl adjacent to an activating group) is 1. The molecule has 2 aromatic carbocycles.